The molecule has 0 saturated heterocycles. The molecule has 214 valence electrons. The number of nitrogens with one attached hydrogen (secondary N) is 3. The van der Waals surface area contributed by atoms with Crippen molar-refractivity contribution in [3.8, 4) is 0 Å². The molecule has 0 fully saturated rings. The molecule has 0 aromatic heterocycles. The van der Waals surface area contributed by atoms with Crippen molar-refractivity contribution >= 4 is 46.9 Å². The summed E-state index contributed by atoms with van der Waals surface area (Å²) in [6.45, 7) is 1.94. The molecule has 4 aromatic rings. The Morgan fingerprint density at radius 2 is 1.45 bits per heavy atom. The summed E-state index contributed by atoms with van der Waals surface area (Å²) >= 11 is 1.15. The lowest BCUT2D eigenvalue weighted by molar-refractivity contribution is -0.137. The highest BCUT2D eigenvalue weighted by Gasteiger charge is 2.30. The quantitative estimate of drug-likeness (QED) is 0.143. The molecule has 6 nitrogen and oxygen atoms in total. The minimum Gasteiger partial charge on any atom is -0.325 e. The van der Waals surface area contributed by atoms with Crippen molar-refractivity contribution in [1.29, 1.82) is 0 Å². The number of amides is 3. The van der Waals surface area contributed by atoms with Gasteiger partial charge in [0.2, 0.25) is 5.91 Å². The third-order valence-electron chi connectivity index (χ3n) is 5.85. The zero-order chi connectivity index (χ0) is 30.1. The number of hydrogen-bond acceptors (Lipinski definition) is 4. The Balaban J connectivity index is 1.43. The summed E-state index contributed by atoms with van der Waals surface area (Å²) in [6, 6.07) is 27.1. The van der Waals surface area contributed by atoms with Crippen molar-refractivity contribution in [2.75, 3.05) is 16.4 Å². The van der Waals surface area contributed by atoms with E-state index in [0.29, 0.717) is 16.1 Å². The number of alkyl halides is 3. The predicted octanol–water partition coefficient (Wildman–Crippen LogP) is 7.15. The molecule has 0 heterocycles. The van der Waals surface area contributed by atoms with Crippen molar-refractivity contribution in [2.45, 2.75) is 18.0 Å². The molecular weight excluding hydrogens is 563 g/mol. The molecule has 3 N–H and O–H groups in total. The van der Waals surface area contributed by atoms with Gasteiger partial charge in [-0.05, 0) is 67.1 Å². The zero-order valence-electron chi connectivity index (χ0n) is 22.4. The standard InChI is InChI=1S/C32H26F3N3O3S/c1-21-13-15-22(16-14-21)17-28(38-30(40)23-7-3-2-4-8-23)31(41)37-26-11-6-12-27(19-26)42-20-29(39)36-25-10-5-9-24(18-25)32(33,34)35/h2-19H,20H2,1H3,(H,36,39)(H,37,41)(H,38,40)/b28-17-. The van der Waals surface area contributed by atoms with Crippen LogP contribution in [0.15, 0.2) is 114 Å². The second-order valence-corrected chi connectivity index (χ2v) is 10.2. The molecule has 0 atom stereocenters. The van der Waals surface area contributed by atoms with Crippen LogP contribution in [0.5, 0.6) is 0 Å². The SMILES string of the molecule is Cc1ccc(/C=C(\NC(=O)c2ccccc2)C(=O)Nc2cccc(SCC(=O)Nc3cccc(C(F)(F)F)c3)c2)cc1. The van der Waals surface area contributed by atoms with Crippen molar-refractivity contribution in [1.82, 2.24) is 5.32 Å². The Morgan fingerprint density at radius 3 is 2.14 bits per heavy atom. The van der Waals surface area contributed by atoms with E-state index in [1.165, 1.54) is 12.1 Å². The molecule has 0 aliphatic heterocycles. The van der Waals surface area contributed by atoms with Gasteiger partial charge in [-0.3, -0.25) is 14.4 Å². The van der Waals surface area contributed by atoms with Crippen LogP contribution in [0.25, 0.3) is 6.08 Å². The van der Waals surface area contributed by atoms with Crippen LogP contribution in [0, 0.1) is 6.92 Å². The van der Waals surface area contributed by atoms with E-state index in [2.05, 4.69) is 16.0 Å². The zero-order valence-corrected chi connectivity index (χ0v) is 23.2. The van der Waals surface area contributed by atoms with Crippen LogP contribution in [-0.2, 0) is 15.8 Å². The van der Waals surface area contributed by atoms with Gasteiger partial charge in [-0.25, -0.2) is 0 Å². The first-order valence-electron chi connectivity index (χ1n) is 12.7. The third kappa shape index (κ3) is 8.84. The van der Waals surface area contributed by atoms with Gasteiger partial charge in [0.05, 0.1) is 11.3 Å². The summed E-state index contributed by atoms with van der Waals surface area (Å²) < 4.78 is 38.8. The highest BCUT2D eigenvalue weighted by Crippen LogP contribution is 2.31. The van der Waals surface area contributed by atoms with Gasteiger partial charge in [0.25, 0.3) is 11.8 Å². The van der Waals surface area contributed by atoms with Gasteiger partial charge in [0.1, 0.15) is 5.70 Å². The lowest BCUT2D eigenvalue weighted by Crippen LogP contribution is -2.30. The summed E-state index contributed by atoms with van der Waals surface area (Å²) in [6.07, 6.45) is -2.94. The number of halogens is 3. The molecule has 3 amide bonds. The highest BCUT2D eigenvalue weighted by molar-refractivity contribution is 8.00. The van der Waals surface area contributed by atoms with Crippen LogP contribution in [-0.4, -0.2) is 23.5 Å². The first-order chi connectivity index (χ1) is 20.1. The molecule has 0 unspecified atom stereocenters. The van der Waals surface area contributed by atoms with Gasteiger partial charge in [-0.2, -0.15) is 13.2 Å². The number of rotatable bonds is 9. The van der Waals surface area contributed by atoms with Crippen LogP contribution >= 0.6 is 11.8 Å². The van der Waals surface area contributed by atoms with E-state index in [-0.39, 0.29) is 17.1 Å². The van der Waals surface area contributed by atoms with Gasteiger partial charge in [-0.15, -0.1) is 11.8 Å². The summed E-state index contributed by atoms with van der Waals surface area (Å²) in [4.78, 5) is 39.1. The van der Waals surface area contributed by atoms with Crippen molar-refractivity contribution in [3.05, 3.63) is 131 Å². The average molecular weight is 590 g/mol. The van der Waals surface area contributed by atoms with Gasteiger partial charge >= 0.3 is 6.18 Å². The molecule has 4 aromatic carbocycles. The van der Waals surface area contributed by atoms with Gasteiger partial charge < -0.3 is 16.0 Å². The molecule has 10 heteroatoms. The fourth-order valence-corrected chi connectivity index (χ4v) is 4.51. The number of aryl methyl sites for hydroxylation is 1. The minimum absolute atomic E-state index is 0.0335. The second-order valence-electron chi connectivity index (χ2n) is 9.19. The Kier molecular flexibility index (Phi) is 9.82. The predicted molar refractivity (Wildman–Crippen MR) is 159 cm³/mol. The Morgan fingerprint density at radius 1 is 0.786 bits per heavy atom. The normalized spacial score (nSPS) is 11.5. The number of anilines is 2. The molecule has 0 saturated carbocycles. The second kappa shape index (κ2) is 13.7. The first kappa shape index (κ1) is 30.1. The maximum atomic E-state index is 13.3. The van der Waals surface area contributed by atoms with Crippen LogP contribution in [0.3, 0.4) is 0 Å². The maximum absolute atomic E-state index is 13.3. The average Bonchev–Trinajstić information content (AvgIpc) is 2.97. The van der Waals surface area contributed by atoms with Gasteiger partial charge in [0, 0.05) is 21.8 Å². The molecule has 0 aliphatic rings. The topological polar surface area (TPSA) is 87.3 Å². The molecule has 4 rings (SSSR count). The molecule has 0 spiro atoms. The van der Waals surface area contributed by atoms with E-state index in [1.807, 2.05) is 31.2 Å². The van der Waals surface area contributed by atoms with Crippen LogP contribution < -0.4 is 16.0 Å². The first-order valence-corrected chi connectivity index (χ1v) is 13.7. The smallest absolute Gasteiger partial charge is 0.325 e. The lowest BCUT2D eigenvalue weighted by atomic mass is 10.1. The fourth-order valence-electron chi connectivity index (χ4n) is 3.75. The number of thioether (sulfide) groups is 1. The lowest BCUT2D eigenvalue weighted by Gasteiger charge is -2.12. The van der Waals surface area contributed by atoms with Crippen molar-refractivity contribution in [2.24, 2.45) is 0 Å². The van der Waals surface area contributed by atoms with E-state index < -0.39 is 29.5 Å². The van der Waals surface area contributed by atoms with Crippen molar-refractivity contribution in [3.63, 3.8) is 0 Å². The number of benzene rings is 4. The summed E-state index contributed by atoms with van der Waals surface area (Å²) in [5.41, 5.74) is 1.80. The Bertz CT molecular complexity index is 1600. The number of carbonyl (C=O) groups excluding carboxylic acids is 3. The molecule has 42 heavy (non-hydrogen) atoms. The summed E-state index contributed by atoms with van der Waals surface area (Å²) in [5, 5.41) is 7.93. The van der Waals surface area contributed by atoms with E-state index in [0.717, 1.165) is 35.0 Å². The van der Waals surface area contributed by atoms with Gasteiger partial charge in [0.15, 0.2) is 0 Å². The Hall–Kier alpha value is -4.83. The molecular formula is C32H26F3N3O3S. The molecule has 0 bridgehead atoms. The number of carbonyl (C=O) groups is 3. The van der Waals surface area contributed by atoms with E-state index in [9.17, 15) is 27.6 Å². The van der Waals surface area contributed by atoms with Crippen molar-refractivity contribution < 1.29 is 27.6 Å². The summed E-state index contributed by atoms with van der Waals surface area (Å²) in [7, 11) is 0. The molecule has 0 radical (unpaired) electrons. The molecule has 0 aliphatic carbocycles. The van der Waals surface area contributed by atoms with Gasteiger partial charge in [-0.1, -0.05) is 60.2 Å². The van der Waals surface area contributed by atoms with Crippen LogP contribution in [0.4, 0.5) is 24.5 Å². The summed E-state index contributed by atoms with van der Waals surface area (Å²) in [5.74, 6) is -1.55. The van der Waals surface area contributed by atoms with Crippen LogP contribution in [0.1, 0.15) is 27.0 Å². The number of hydrogen-bond donors (Lipinski definition) is 3. The fraction of sp³-hybridized carbons (Fsp3) is 0.0938. The largest absolute Gasteiger partial charge is 0.416 e. The Labute approximate surface area is 245 Å². The van der Waals surface area contributed by atoms with Crippen LogP contribution in [0.2, 0.25) is 0 Å². The monoisotopic (exact) mass is 589 g/mol. The maximum Gasteiger partial charge on any atom is 0.416 e. The highest BCUT2D eigenvalue weighted by atomic mass is 32.2. The third-order valence-corrected chi connectivity index (χ3v) is 6.85. The minimum atomic E-state index is -4.51. The van der Waals surface area contributed by atoms with E-state index in [4.69, 9.17) is 0 Å². The van der Waals surface area contributed by atoms with E-state index in [1.54, 1.807) is 60.7 Å². The van der Waals surface area contributed by atoms with E-state index >= 15 is 0 Å².